The lowest BCUT2D eigenvalue weighted by Gasteiger charge is -2.62. The van der Waals surface area contributed by atoms with E-state index in [4.69, 9.17) is 0 Å². The van der Waals surface area contributed by atoms with Gasteiger partial charge in [-0.1, -0.05) is 19.8 Å². The molecule has 2 bridgehead atoms. The second kappa shape index (κ2) is 6.09. The zero-order chi connectivity index (χ0) is 18.8. The maximum atomic E-state index is 14.9. The first kappa shape index (κ1) is 19.0. The highest BCUT2D eigenvalue weighted by Gasteiger charge is 2.82. The number of hydrogen-bond donors (Lipinski definition) is 1. The first-order valence-corrected chi connectivity index (χ1v) is 10.6. The van der Waals surface area contributed by atoms with Gasteiger partial charge < -0.3 is 5.11 Å². The van der Waals surface area contributed by atoms with Gasteiger partial charge in [-0.3, -0.25) is 0 Å². The summed E-state index contributed by atoms with van der Waals surface area (Å²) in [7, 11) is 0. The van der Waals surface area contributed by atoms with E-state index in [2.05, 4.69) is 6.92 Å². The van der Waals surface area contributed by atoms with Crippen LogP contribution in [0.5, 0.6) is 0 Å². The summed E-state index contributed by atoms with van der Waals surface area (Å²) in [5.74, 6) is -6.63. The second-order valence-electron chi connectivity index (χ2n) is 9.97. The smallest absolute Gasteiger partial charge is 0.338 e. The van der Waals surface area contributed by atoms with Gasteiger partial charge in [0.1, 0.15) is 5.60 Å². The molecule has 1 N–H and O–H groups in total. The van der Waals surface area contributed by atoms with E-state index in [0.29, 0.717) is 24.7 Å². The number of rotatable bonds is 2. The molecule has 0 aromatic heterocycles. The molecule has 0 radical (unpaired) electrons. The predicted molar refractivity (Wildman–Crippen MR) is 92.3 cm³/mol. The Kier molecular flexibility index (Phi) is 4.45. The summed E-state index contributed by atoms with van der Waals surface area (Å²) in [5.41, 5.74) is -4.11. The fraction of sp³-hybridized carbons (Fsp3) is 1.00. The van der Waals surface area contributed by atoms with Gasteiger partial charge in [-0.05, 0) is 87.9 Å². The van der Waals surface area contributed by atoms with Crippen molar-refractivity contribution >= 4 is 0 Å². The van der Waals surface area contributed by atoms with Crippen molar-refractivity contribution in [1.29, 1.82) is 0 Å². The molecule has 0 amide bonds. The second-order valence-corrected chi connectivity index (χ2v) is 9.97. The van der Waals surface area contributed by atoms with Gasteiger partial charge in [0.15, 0.2) is 0 Å². The Bertz CT molecular complexity index is 522. The Morgan fingerprint density at radius 1 is 0.654 bits per heavy atom. The molecule has 150 valence electrons. The average molecular weight is 376 g/mol. The van der Waals surface area contributed by atoms with Crippen LogP contribution in [0.4, 0.5) is 17.6 Å². The summed E-state index contributed by atoms with van der Waals surface area (Å²) in [6.07, 6.45) is 7.85. The van der Waals surface area contributed by atoms with Gasteiger partial charge in [-0.2, -0.15) is 17.6 Å². The zero-order valence-corrected chi connectivity index (χ0v) is 15.8. The van der Waals surface area contributed by atoms with Gasteiger partial charge >= 0.3 is 11.8 Å². The Morgan fingerprint density at radius 2 is 1.12 bits per heavy atom. The lowest BCUT2D eigenvalue weighted by Crippen LogP contribution is -2.74. The monoisotopic (exact) mass is 376 g/mol. The lowest BCUT2D eigenvalue weighted by atomic mass is 9.48. The van der Waals surface area contributed by atoms with E-state index < -0.39 is 22.9 Å². The van der Waals surface area contributed by atoms with Crippen LogP contribution in [0.2, 0.25) is 0 Å². The fourth-order valence-electron chi connectivity index (χ4n) is 6.91. The summed E-state index contributed by atoms with van der Waals surface area (Å²) < 4.78 is 58.8. The number of fused-ring (bicyclic) bond motifs is 3. The highest BCUT2D eigenvalue weighted by atomic mass is 19.3. The van der Waals surface area contributed by atoms with E-state index in [1.54, 1.807) is 0 Å². The molecule has 5 fully saturated rings. The van der Waals surface area contributed by atoms with Crippen molar-refractivity contribution in [3.05, 3.63) is 0 Å². The summed E-state index contributed by atoms with van der Waals surface area (Å²) in [6, 6.07) is 0. The van der Waals surface area contributed by atoms with Crippen LogP contribution >= 0.6 is 0 Å². The number of aliphatic hydroxyl groups is 1. The van der Waals surface area contributed by atoms with Gasteiger partial charge in [0.25, 0.3) is 0 Å². The standard InChI is InChI=1S/C21H32F4O/c1-14-2-4-15(5-3-14)16-6-8-17(9-7-16)18-10-12-19(26,13-11-18)21(24,25)20(18,22)23/h14-17,26H,2-13H2,1H3. The van der Waals surface area contributed by atoms with E-state index in [1.165, 1.54) is 25.7 Å². The molecule has 26 heavy (non-hydrogen) atoms. The molecule has 0 unspecified atom stereocenters. The molecule has 0 saturated heterocycles. The van der Waals surface area contributed by atoms with Crippen molar-refractivity contribution in [2.24, 2.45) is 29.1 Å². The van der Waals surface area contributed by atoms with Crippen molar-refractivity contribution in [1.82, 2.24) is 0 Å². The topological polar surface area (TPSA) is 20.2 Å². The van der Waals surface area contributed by atoms with Gasteiger partial charge in [0.05, 0.1) is 0 Å². The van der Waals surface area contributed by atoms with E-state index in [-0.39, 0.29) is 31.6 Å². The van der Waals surface area contributed by atoms with Gasteiger partial charge in [-0.15, -0.1) is 0 Å². The van der Waals surface area contributed by atoms with Crippen molar-refractivity contribution in [3.63, 3.8) is 0 Å². The first-order valence-electron chi connectivity index (χ1n) is 10.6. The maximum Gasteiger partial charge on any atom is 0.338 e. The normalized spacial score (nSPS) is 50.5. The third kappa shape index (κ3) is 2.44. The molecule has 0 spiro atoms. The van der Waals surface area contributed by atoms with Gasteiger partial charge in [0.2, 0.25) is 0 Å². The minimum atomic E-state index is -4.30. The van der Waals surface area contributed by atoms with Crippen LogP contribution < -0.4 is 0 Å². The molecule has 0 heterocycles. The molecule has 0 atom stereocenters. The summed E-state index contributed by atoms with van der Waals surface area (Å²) in [6.45, 7) is 2.29. The molecule has 0 aromatic carbocycles. The van der Waals surface area contributed by atoms with Crippen LogP contribution in [0.25, 0.3) is 0 Å². The summed E-state index contributed by atoms with van der Waals surface area (Å²) in [5, 5.41) is 10.1. The third-order valence-electron chi connectivity index (χ3n) is 8.85. The van der Waals surface area contributed by atoms with Crippen LogP contribution in [0, 0.1) is 29.1 Å². The largest absolute Gasteiger partial charge is 0.383 e. The van der Waals surface area contributed by atoms with E-state index in [0.717, 1.165) is 18.8 Å². The van der Waals surface area contributed by atoms with Crippen LogP contribution in [-0.2, 0) is 0 Å². The fourth-order valence-corrected chi connectivity index (χ4v) is 6.91. The number of hydrogen-bond acceptors (Lipinski definition) is 1. The van der Waals surface area contributed by atoms with Crippen LogP contribution in [0.15, 0.2) is 0 Å². The number of alkyl halides is 4. The van der Waals surface area contributed by atoms with Crippen molar-refractivity contribution < 1.29 is 22.7 Å². The molecule has 1 nitrogen and oxygen atoms in total. The van der Waals surface area contributed by atoms with Crippen LogP contribution in [0.1, 0.15) is 84.0 Å². The van der Waals surface area contributed by atoms with Crippen molar-refractivity contribution in [3.8, 4) is 0 Å². The molecule has 5 rings (SSSR count). The highest BCUT2D eigenvalue weighted by Crippen LogP contribution is 2.70. The average Bonchev–Trinajstić information content (AvgIpc) is 2.62. The van der Waals surface area contributed by atoms with E-state index in [1.807, 2.05) is 0 Å². The zero-order valence-electron chi connectivity index (χ0n) is 15.8. The molecule has 0 aromatic rings. The summed E-state index contributed by atoms with van der Waals surface area (Å²) >= 11 is 0. The number of halogens is 4. The Labute approximate surface area is 153 Å². The van der Waals surface area contributed by atoms with E-state index in [9.17, 15) is 22.7 Å². The predicted octanol–water partition coefficient (Wildman–Crippen LogP) is 6.19. The molecule has 5 aliphatic carbocycles. The molecule has 5 aliphatic rings. The summed E-state index contributed by atoms with van der Waals surface area (Å²) in [4.78, 5) is 0. The minimum absolute atomic E-state index is 0.0440. The third-order valence-corrected chi connectivity index (χ3v) is 8.85. The molecule has 5 heteroatoms. The van der Waals surface area contributed by atoms with Crippen LogP contribution in [0.3, 0.4) is 0 Å². The molecular weight excluding hydrogens is 344 g/mol. The first-order chi connectivity index (χ1) is 12.1. The van der Waals surface area contributed by atoms with Crippen LogP contribution in [-0.4, -0.2) is 22.6 Å². The highest BCUT2D eigenvalue weighted by molar-refractivity contribution is 5.20. The SMILES string of the molecule is CC1CCC(C2CCC(C34CCC(O)(CC3)C(F)(F)C4(F)F)CC2)CC1. The van der Waals surface area contributed by atoms with E-state index >= 15 is 0 Å². The van der Waals surface area contributed by atoms with Crippen molar-refractivity contribution in [2.45, 2.75) is 101 Å². The Morgan fingerprint density at radius 3 is 1.62 bits per heavy atom. The maximum absolute atomic E-state index is 14.9. The van der Waals surface area contributed by atoms with Gasteiger partial charge in [0, 0.05) is 5.41 Å². The molecule has 0 aliphatic heterocycles. The Hall–Kier alpha value is -0.320. The quantitative estimate of drug-likeness (QED) is 0.569. The Balaban J connectivity index is 1.47. The molecule has 5 saturated carbocycles. The molecular formula is C21H32F4O. The minimum Gasteiger partial charge on any atom is -0.383 e. The van der Waals surface area contributed by atoms with Gasteiger partial charge in [-0.25, -0.2) is 0 Å². The lowest BCUT2D eigenvalue weighted by molar-refractivity contribution is -0.392. The van der Waals surface area contributed by atoms with Crippen molar-refractivity contribution in [2.75, 3.05) is 0 Å².